The van der Waals surface area contributed by atoms with Crippen LogP contribution in [0, 0.1) is 6.92 Å². The predicted octanol–water partition coefficient (Wildman–Crippen LogP) is 6.00. The van der Waals surface area contributed by atoms with Gasteiger partial charge in [0, 0.05) is 34.3 Å². The molecule has 0 spiro atoms. The molecular weight excluding hydrogens is 477 g/mol. The van der Waals surface area contributed by atoms with Crippen LogP contribution >= 0.6 is 23.2 Å². The molecule has 0 saturated heterocycles. The normalized spacial score (nSPS) is 17.4. The number of hydrogen-bond donors (Lipinski definition) is 0. The minimum Gasteiger partial charge on any atom is -0.477 e. The zero-order valence-corrected chi connectivity index (χ0v) is 19.7. The quantitative estimate of drug-likeness (QED) is 0.415. The third kappa shape index (κ3) is 3.68. The van der Waals surface area contributed by atoms with Crippen LogP contribution in [0.5, 0.6) is 23.0 Å². The molecule has 0 amide bonds. The Morgan fingerprint density at radius 2 is 1.85 bits per heavy atom. The number of benzene rings is 3. The first-order chi connectivity index (χ1) is 16.5. The number of fused-ring (bicyclic) bond motifs is 3. The molecular formula is C26H19Cl2NO5. The first-order valence-electron chi connectivity index (χ1n) is 10.8. The maximum absolute atomic E-state index is 13.2. The molecule has 3 aliphatic rings. The topological polar surface area (TPSA) is 57.2 Å². The van der Waals surface area contributed by atoms with E-state index in [4.69, 9.17) is 42.1 Å². The summed E-state index contributed by atoms with van der Waals surface area (Å²) in [5.74, 6) is 2.76. The summed E-state index contributed by atoms with van der Waals surface area (Å²) in [7, 11) is 0. The summed E-state index contributed by atoms with van der Waals surface area (Å²) in [6.45, 7) is 3.74. The third-order valence-electron chi connectivity index (χ3n) is 6.11. The Balaban J connectivity index is 1.27. The van der Waals surface area contributed by atoms with E-state index >= 15 is 0 Å². The van der Waals surface area contributed by atoms with Gasteiger partial charge in [0.1, 0.15) is 18.2 Å². The highest BCUT2D eigenvalue weighted by Crippen LogP contribution is 2.44. The summed E-state index contributed by atoms with van der Waals surface area (Å²) < 4.78 is 22.9. The Labute approximate surface area is 206 Å². The molecule has 3 heterocycles. The molecule has 6 nitrogen and oxygen atoms in total. The van der Waals surface area contributed by atoms with Gasteiger partial charge in [-0.15, -0.1) is 0 Å². The Hall–Kier alpha value is -3.19. The largest absolute Gasteiger partial charge is 0.477 e. The zero-order chi connectivity index (χ0) is 23.4. The van der Waals surface area contributed by atoms with Gasteiger partial charge in [0.15, 0.2) is 17.3 Å². The second kappa shape index (κ2) is 8.24. The molecule has 0 aromatic heterocycles. The van der Waals surface area contributed by atoms with Gasteiger partial charge in [-0.3, -0.25) is 9.69 Å². The number of hydrogen-bond acceptors (Lipinski definition) is 6. The van der Waals surface area contributed by atoms with Crippen molar-refractivity contribution in [1.29, 1.82) is 0 Å². The van der Waals surface area contributed by atoms with E-state index in [9.17, 15) is 4.79 Å². The van der Waals surface area contributed by atoms with Gasteiger partial charge in [0.25, 0.3) is 0 Å². The zero-order valence-electron chi connectivity index (χ0n) is 18.2. The molecule has 172 valence electrons. The van der Waals surface area contributed by atoms with Crippen LogP contribution in [-0.4, -0.2) is 24.2 Å². The first kappa shape index (κ1) is 21.4. The van der Waals surface area contributed by atoms with Crippen molar-refractivity contribution in [3.63, 3.8) is 0 Å². The van der Waals surface area contributed by atoms with Gasteiger partial charge >= 0.3 is 0 Å². The summed E-state index contributed by atoms with van der Waals surface area (Å²) >= 11 is 12.4. The Bertz CT molecular complexity index is 1380. The molecule has 0 unspecified atom stereocenters. The second-order valence-electron chi connectivity index (χ2n) is 8.42. The van der Waals surface area contributed by atoms with Gasteiger partial charge in [-0.2, -0.15) is 0 Å². The van der Waals surface area contributed by atoms with E-state index in [0.717, 1.165) is 28.0 Å². The highest BCUT2D eigenvalue weighted by Gasteiger charge is 2.33. The lowest BCUT2D eigenvalue weighted by atomic mass is 9.99. The summed E-state index contributed by atoms with van der Waals surface area (Å²) in [6.07, 6.45) is 1.72. The first-order valence-corrected chi connectivity index (χ1v) is 11.5. The fourth-order valence-corrected chi connectivity index (χ4v) is 4.91. The number of halogens is 2. The Morgan fingerprint density at radius 3 is 2.71 bits per heavy atom. The van der Waals surface area contributed by atoms with E-state index in [-0.39, 0.29) is 18.3 Å². The smallest absolute Gasteiger partial charge is 0.231 e. The molecule has 0 radical (unpaired) electrons. The van der Waals surface area contributed by atoms with Crippen LogP contribution in [0.2, 0.25) is 10.0 Å². The lowest BCUT2D eigenvalue weighted by Crippen LogP contribution is -2.32. The maximum atomic E-state index is 13.2. The number of ether oxygens (including phenoxy) is 4. The van der Waals surface area contributed by atoms with Crippen molar-refractivity contribution < 1.29 is 23.7 Å². The van der Waals surface area contributed by atoms with Crippen molar-refractivity contribution in [2.75, 3.05) is 13.5 Å². The highest BCUT2D eigenvalue weighted by atomic mass is 35.5. The second-order valence-corrected chi connectivity index (χ2v) is 9.26. The Morgan fingerprint density at radius 1 is 1.00 bits per heavy atom. The van der Waals surface area contributed by atoms with E-state index in [1.165, 1.54) is 0 Å². The number of allylic oxidation sites excluding steroid dienone is 1. The van der Waals surface area contributed by atoms with Crippen LogP contribution in [0.1, 0.15) is 32.6 Å². The number of rotatable bonds is 3. The van der Waals surface area contributed by atoms with Crippen molar-refractivity contribution in [1.82, 2.24) is 4.90 Å². The van der Waals surface area contributed by atoms with Crippen LogP contribution in [0.15, 0.2) is 48.2 Å². The molecule has 3 aromatic carbocycles. The summed E-state index contributed by atoms with van der Waals surface area (Å²) in [5, 5.41) is 1.22. The fraction of sp³-hybridized carbons (Fsp3) is 0.192. The number of Topliss-reactive ketones (excluding diaryl/α,β-unsaturated/α-hetero) is 1. The summed E-state index contributed by atoms with van der Waals surface area (Å²) in [5.41, 5.74) is 4.06. The van der Waals surface area contributed by atoms with Crippen molar-refractivity contribution in [3.05, 3.63) is 86.1 Å². The van der Waals surface area contributed by atoms with Crippen LogP contribution in [0.25, 0.3) is 6.08 Å². The van der Waals surface area contributed by atoms with Crippen LogP contribution in [0.4, 0.5) is 0 Å². The van der Waals surface area contributed by atoms with Gasteiger partial charge in [-0.25, -0.2) is 0 Å². The van der Waals surface area contributed by atoms with Gasteiger partial charge in [-0.1, -0.05) is 35.3 Å². The average Bonchev–Trinajstić information content (AvgIpc) is 3.41. The molecule has 3 aliphatic heterocycles. The predicted molar refractivity (Wildman–Crippen MR) is 128 cm³/mol. The standard InChI is InChI=1S/C26H19Cl2NO5/c1-14-25-17(11-29(12-31-25)10-16-3-4-18(27)9-20(16)28)8-19-24(30)23(34-26(14)19)7-15-2-5-21-22(6-15)33-13-32-21/h2-9H,10-13H2,1H3/b23-7-. The number of nitrogens with zero attached hydrogens (tertiary/aromatic N) is 1. The molecule has 0 atom stereocenters. The summed E-state index contributed by atoms with van der Waals surface area (Å²) in [6, 6.07) is 12.9. The molecule has 0 bridgehead atoms. The molecule has 0 saturated carbocycles. The third-order valence-corrected chi connectivity index (χ3v) is 6.69. The molecule has 0 fully saturated rings. The molecule has 6 rings (SSSR count). The minimum atomic E-state index is -0.156. The van der Waals surface area contributed by atoms with E-state index in [1.54, 1.807) is 12.1 Å². The van der Waals surface area contributed by atoms with Crippen LogP contribution < -0.4 is 18.9 Å². The van der Waals surface area contributed by atoms with Crippen LogP contribution in [0.3, 0.4) is 0 Å². The fourth-order valence-electron chi connectivity index (χ4n) is 4.44. The van der Waals surface area contributed by atoms with Gasteiger partial charge in [-0.05, 0) is 54.5 Å². The van der Waals surface area contributed by atoms with Gasteiger partial charge in [0.05, 0.1) is 5.56 Å². The molecule has 34 heavy (non-hydrogen) atoms. The lowest BCUT2D eigenvalue weighted by molar-refractivity contribution is 0.0877. The average molecular weight is 496 g/mol. The van der Waals surface area contributed by atoms with E-state index < -0.39 is 0 Å². The highest BCUT2D eigenvalue weighted by molar-refractivity contribution is 6.35. The van der Waals surface area contributed by atoms with E-state index in [2.05, 4.69) is 4.90 Å². The van der Waals surface area contributed by atoms with Crippen LogP contribution in [-0.2, 0) is 13.1 Å². The van der Waals surface area contributed by atoms with Crippen molar-refractivity contribution in [2.45, 2.75) is 20.0 Å². The van der Waals surface area contributed by atoms with E-state index in [1.807, 2.05) is 43.3 Å². The Kier molecular flexibility index (Phi) is 5.17. The molecule has 0 aliphatic carbocycles. The van der Waals surface area contributed by atoms with Crippen molar-refractivity contribution in [3.8, 4) is 23.0 Å². The number of ketones is 1. The molecule has 0 N–H and O–H groups in total. The molecule has 3 aromatic rings. The summed E-state index contributed by atoms with van der Waals surface area (Å²) in [4.78, 5) is 15.3. The van der Waals surface area contributed by atoms with Crippen molar-refractivity contribution in [2.24, 2.45) is 0 Å². The maximum Gasteiger partial charge on any atom is 0.231 e. The number of carbonyl (C=O) groups is 1. The van der Waals surface area contributed by atoms with E-state index in [0.29, 0.717) is 52.7 Å². The minimum absolute atomic E-state index is 0.156. The SMILES string of the molecule is Cc1c2c(cc3c1O/C(=C\c1ccc4c(c1)OCO4)C3=O)CN(Cc1ccc(Cl)cc1Cl)CO2. The van der Waals surface area contributed by atoms with Gasteiger partial charge in [0.2, 0.25) is 12.6 Å². The van der Waals surface area contributed by atoms with Gasteiger partial charge < -0.3 is 18.9 Å². The lowest BCUT2D eigenvalue weighted by Gasteiger charge is -2.30. The number of carbonyl (C=O) groups excluding carboxylic acids is 1. The van der Waals surface area contributed by atoms with Crippen molar-refractivity contribution >= 4 is 35.1 Å². The molecule has 8 heteroatoms. The monoisotopic (exact) mass is 495 g/mol.